The highest BCUT2D eigenvalue weighted by molar-refractivity contribution is 7.98. The smallest absolute Gasteiger partial charge is 0.129 e. The summed E-state index contributed by atoms with van der Waals surface area (Å²) in [5.74, 6) is 3.18. The number of aromatic nitrogens is 1. The Bertz CT molecular complexity index is 371. The predicted octanol–water partition coefficient (Wildman–Crippen LogP) is 3.03. The quantitative estimate of drug-likeness (QED) is 0.411. The van der Waals surface area contributed by atoms with Crippen LogP contribution in [-0.4, -0.2) is 19.3 Å². The number of rotatable bonds is 1. The third-order valence-corrected chi connectivity index (χ3v) is 3.19. The van der Waals surface area contributed by atoms with E-state index in [2.05, 4.69) is 48.4 Å². The lowest BCUT2D eigenvalue weighted by Gasteiger charge is -2.04. The fourth-order valence-corrected chi connectivity index (χ4v) is 1.90. The lowest BCUT2D eigenvalue weighted by Crippen LogP contribution is -2.16. The summed E-state index contributed by atoms with van der Waals surface area (Å²) >= 11 is 1.70. The molecule has 1 aromatic rings. The molecule has 74 valence electrons. The molecule has 0 radical (unpaired) electrons. The Hall–Kier alpha value is -0.723. The number of thioether (sulfide) groups is 1. The van der Waals surface area contributed by atoms with Gasteiger partial charge >= 0.3 is 0 Å². The lowest BCUT2D eigenvalue weighted by molar-refractivity contribution is 1.20. The van der Waals surface area contributed by atoms with Gasteiger partial charge in [-0.05, 0) is 18.4 Å². The van der Waals surface area contributed by atoms with Crippen molar-refractivity contribution in [3.8, 4) is 11.5 Å². The molecule has 0 saturated heterocycles. The van der Waals surface area contributed by atoms with E-state index in [1.54, 1.807) is 18.0 Å². The highest BCUT2D eigenvalue weighted by atomic mass is 32.2. The SMILES string of the molecule is CSc1cccnc1C#C[Si](C)(C)C. The third kappa shape index (κ3) is 3.57. The summed E-state index contributed by atoms with van der Waals surface area (Å²) in [5.41, 5.74) is 4.24. The van der Waals surface area contributed by atoms with Crippen LogP contribution in [0.1, 0.15) is 5.69 Å². The number of pyridine rings is 1. The highest BCUT2D eigenvalue weighted by Gasteiger charge is 2.08. The topological polar surface area (TPSA) is 12.9 Å². The second kappa shape index (κ2) is 4.67. The minimum absolute atomic E-state index is 0.919. The molecule has 0 bridgehead atoms. The Kier molecular flexibility index (Phi) is 3.79. The lowest BCUT2D eigenvalue weighted by atomic mass is 10.4. The van der Waals surface area contributed by atoms with E-state index in [1.807, 2.05) is 6.07 Å². The normalized spacial score (nSPS) is 10.6. The van der Waals surface area contributed by atoms with Crippen LogP contribution < -0.4 is 0 Å². The van der Waals surface area contributed by atoms with E-state index in [1.165, 1.54) is 4.90 Å². The van der Waals surface area contributed by atoms with E-state index in [-0.39, 0.29) is 0 Å². The summed E-state index contributed by atoms with van der Waals surface area (Å²) in [5, 5.41) is 0. The van der Waals surface area contributed by atoms with Crippen molar-refractivity contribution >= 4 is 19.8 Å². The van der Waals surface area contributed by atoms with Gasteiger partial charge < -0.3 is 0 Å². The van der Waals surface area contributed by atoms with Gasteiger partial charge in [0.05, 0.1) is 0 Å². The van der Waals surface area contributed by atoms with Gasteiger partial charge in [-0.3, -0.25) is 0 Å². The van der Waals surface area contributed by atoms with E-state index in [0.717, 1.165) is 5.69 Å². The van der Waals surface area contributed by atoms with Crippen molar-refractivity contribution in [2.45, 2.75) is 24.5 Å². The van der Waals surface area contributed by atoms with Gasteiger partial charge in [-0.15, -0.1) is 17.3 Å². The molecule has 0 aliphatic rings. The highest BCUT2D eigenvalue weighted by Crippen LogP contribution is 2.16. The molecule has 0 aromatic carbocycles. The molecule has 1 aromatic heterocycles. The Morgan fingerprint density at radius 3 is 2.64 bits per heavy atom. The summed E-state index contributed by atoms with van der Waals surface area (Å²) < 4.78 is 0. The van der Waals surface area contributed by atoms with Crippen molar-refractivity contribution in [1.82, 2.24) is 4.98 Å². The predicted molar refractivity (Wildman–Crippen MR) is 66.2 cm³/mol. The molecule has 0 unspecified atom stereocenters. The Morgan fingerprint density at radius 1 is 1.36 bits per heavy atom. The number of hydrogen-bond donors (Lipinski definition) is 0. The van der Waals surface area contributed by atoms with E-state index in [9.17, 15) is 0 Å². The fraction of sp³-hybridized carbons (Fsp3) is 0.364. The molecule has 0 amide bonds. The first-order chi connectivity index (χ1) is 6.53. The maximum absolute atomic E-state index is 4.28. The van der Waals surface area contributed by atoms with Crippen molar-refractivity contribution in [3.63, 3.8) is 0 Å². The second-order valence-electron chi connectivity index (χ2n) is 4.05. The standard InChI is InChI=1S/C11H15NSSi/c1-13-11-6-5-8-12-10(11)7-9-14(2,3)4/h5-6,8H,1-4H3. The van der Waals surface area contributed by atoms with Crippen LogP contribution in [0.15, 0.2) is 23.2 Å². The molecule has 0 spiro atoms. The summed E-state index contributed by atoms with van der Waals surface area (Å²) in [7, 11) is -1.29. The molecule has 1 rings (SSSR count). The van der Waals surface area contributed by atoms with Gasteiger partial charge in [0.25, 0.3) is 0 Å². The van der Waals surface area contributed by atoms with Gasteiger partial charge in [0.15, 0.2) is 0 Å². The molecular weight excluding hydrogens is 206 g/mol. The van der Waals surface area contributed by atoms with Gasteiger partial charge in [-0.25, -0.2) is 4.98 Å². The zero-order valence-electron chi connectivity index (χ0n) is 9.09. The largest absolute Gasteiger partial charge is 0.247 e. The minimum Gasteiger partial charge on any atom is -0.247 e. The van der Waals surface area contributed by atoms with Crippen molar-refractivity contribution < 1.29 is 0 Å². The van der Waals surface area contributed by atoms with Crippen LogP contribution in [0, 0.1) is 11.5 Å². The molecule has 0 N–H and O–H groups in total. The van der Waals surface area contributed by atoms with E-state index in [0.29, 0.717) is 0 Å². The molecular formula is C11H15NSSi. The first-order valence-corrected chi connectivity index (χ1v) is 9.27. The van der Waals surface area contributed by atoms with Crippen molar-refractivity contribution in [2.24, 2.45) is 0 Å². The molecule has 14 heavy (non-hydrogen) atoms. The van der Waals surface area contributed by atoms with Crippen LogP contribution >= 0.6 is 11.8 Å². The van der Waals surface area contributed by atoms with E-state index in [4.69, 9.17) is 0 Å². The van der Waals surface area contributed by atoms with Crippen molar-refractivity contribution in [2.75, 3.05) is 6.26 Å². The van der Waals surface area contributed by atoms with Crippen LogP contribution in [0.5, 0.6) is 0 Å². The monoisotopic (exact) mass is 221 g/mol. The summed E-state index contributed by atoms with van der Waals surface area (Å²) in [4.78, 5) is 5.45. The average Bonchev–Trinajstić information content (AvgIpc) is 2.14. The van der Waals surface area contributed by atoms with Crippen LogP contribution in [0.2, 0.25) is 19.6 Å². The molecule has 0 aliphatic heterocycles. The zero-order valence-corrected chi connectivity index (χ0v) is 10.9. The maximum atomic E-state index is 4.28. The van der Waals surface area contributed by atoms with Crippen molar-refractivity contribution in [1.29, 1.82) is 0 Å². The van der Waals surface area contributed by atoms with Gasteiger partial charge in [-0.1, -0.05) is 25.6 Å². The second-order valence-corrected chi connectivity index (χ2v) is 9.65. The maximum Gasteiger partial charge on any atom is 0.129 e. The first kappa shape index (κ1) is 11.4. The van der Waals surface area contributed by atoms with Crippen LogP contribution in [0.25, 0.3) is 0 Å². The molecule has 0 saturated carbocycles. The number of hydrogen-bond acceptors (Lipinski definition) is 2. The van der Waals surface area contributed by atoms with Gasteiger partial charge in [0, 0.05) is 11.1 Å². The molecule has 0 fully saturated rings. The van der Waals surface area contributed by atoms with Crippen molar-refractivity contribution in [3.05, 3.63) is 24.0 Å². The van der Waals surface area contributed by atoms with Crippen LogP contribution in [-0.2, 0) is 0 Å². The molecule has 1 nitrogen and oxygen atoms in total. The molecule has 0 atom stereocenters. The van der Waals surface area contributed by atoms with Gasteiger partial charge in [0.2, 0.25) is 0 Å². The van der Waals surface area contributed by atoms with Crippen LogP contribution in [0.3, 0.4) is 0 Å². The minimum atomic E-state index is -1.29. The third-order valence-electron chi connectivity index (χ3n) is 1.55. The summed E-state index contributed by atoms with van der Waals surface area (Å²) in [6.45, 7) is 6.71. The Labute approximate surface area is 91.3 Å². The first-order valence-electron chi connectivity index (χ1n) is 4.55. The fourth-order valence-electron chi connectivity index (χ4n) is 0.896. The molecule has 3 heteroatoms. The van der Waals surface area contributed by atoms with Crippen LogP contribution in [0.4, 0.5) is 0 Å². The van der Waals surface area contributed by atoms with E-state index < -0.39 is 8.07 Å². The molecule has 1 heterocycles. The zero-order chi connectivity index (χ0) is 10.6. The Morgan fingerprint density at radius 2 is 2.07 bits per heavy atom. The van der Waals surface area contributed by atoms with E-state index >= 15 is 0 Å². The Balaban J connectivity index is 3.00. The van der Waals surface area contributed by atoms with Gasteiger partial charge in [-0.2, -0.15) is 0 Å². The average molecular weight is 221 g/mol. The number of nitrogens with zero attached hydrogens (tertiary/aromatic N) is 1. The summed E-state index contributed by atoms with van der Waals surface area (Å²) in [6.07, 6.45) is 3.85. The summed E-state index contributed by atoms with van der Waals surface area (Å²) in [6, 6.07) is 4.01. The van der Waals surface area contributed by atoms with Gasteiger partial charge in [0.1, 0.15) is 13.8 Å². The molecule has 0 aliphatic carbocycles.